The lowest BCUT2D eigenvalue weighted by Crippen LogP contribution is -2.23. The predicted molar refractivity (Wildman–Crippen MR) is 87.4 cm³/mol. The molecule has 2 amide bonds. The molecular formula is C17H19N3O3. The summed E-state index contributed by atoms with van der Waals surface area (Å²) in [5, 5.41) is 5.53. The fourth-order valence-corrected chi connectivity index (χ4v) is 2.01. The maximum Gasteiger partial charge on any atom is 0.251 e. The minimum absolute atomic E-state index is 0.171. The molecule has 6 heteroatoms. The van der Waals surface area contributed by atoms with Crippen LogP contribution >= 0.6 is 0 Å². The van der Waals surface area contributed by atoms with Crippen molar-refractivity contribution in [2.75, 3.05) is 12.4 Å². The van der Waals surface area contributed by atoms with Gasteiger partial charge in [-0.2, -0.15) is 0 Å². The molecule has 2 aromatic rings. The van der Waals surface area contributed by atoms with Gasteiger partial charge in [0.25, 0.3) is 5.91 Å². The first kappa shape index (κ1) is 16.5. The Morgan fingerprint density at radius 3 is 2.61 bits per heavy atom. The summed E-state index contributed by atoms with van der Waals surface area (Å²) in [5.74, 6) is 0.140. The number of pyridine rings is 1. The van der Waals surface area contributed by atoms with Crippen molar-refractivity contribution in [3.8, 4) is 5.88 Å². The summed E-state index contributed by atoms with van der Waals surface area (Å²) in [6.07, 6.45) is 1.65. The Balaban J connectivity index is 2.03. The number of aromatic nitrogens is 1. The largest absolute Gasteiger partial charge is 0.481 e. The quantitative estimate of drug-likeness (QED) is 0.887. The number of nitrogens with zero attached hydrogens (tertiary/aromatic N) is 1. The van der Waals surface area contributed by atoms with Crippen LogP contribution in [-0.4, -0.2) is 23.9 Å². The zero-order chi connectivity index (χ0) is 16.8. The molecule has 23 heavy (non-hydrogen) atoms. The topological polar surface area (TPSA) is 80.3 Å². The van der Waals surface area contributed by atoms with E-state index >= 15 is 0 Å². The van der Waals surface area contributed by atoms with Crippen LogP contribution in [0.3, 0.4) is 0 Å². The molecule has 1 heterocycles. The second-order valence-corrected chi connectivity index (χ2v) is 5.10. The maximum absolute atomic E-state index is 12.2. The summed E-state index contributed by atoms with van der Waals surface area (Å²) in [6.45, 7) is 3.66. The van der Waals surface area contributed by atoms with Gasteiger partial charge in [0, 0.05) is 37.0 Å². The van der Waals surface area contributed by atoms with Gasteiger partial charge in [0.05, 0.1) is 7.11 Å². The molecule has 0 radical (unpaired) electrons. The Kier molecular flexibility index (Phi) is 5.30. The van der Waals surface area contributed by atoms with Gasteiger partial charge in [0.15, 0.2) is 0 Å². The molecule has 0 saturated carbocycles. The van der Waals surface area contributed by atoms with E-state index in [4.69, 9.17) is 4.74 Å². The monoisotopic (exact) mass is 313 g/mol. The van der Waals surface area contributed by atoms with Gasteiger partial charge >= 0.3 is 0 Å². The molecule has 120 valence electrons. The molecule has 0 saturated heterocycles. The second-order valence-electron chi connectivity index (χ2n) is 5.10. The average Bonchev–Trinajstić information content (AvgIpc) is 2.54. The zero-order valence-corrected chi connectivity index (χ0v) is 13.3. The number of nitrogens with one attached hydrogen (secondary N) is 2. The molecule has 1 aromatic heterocycles. The fraction of sp³-hybridized carbons (Fsp3) is 0.235. The Bertz CT molecular complexity index is 712. The van der Waals surface area contributed by atoms with E-state index in [1.807, 2.05) is 13.0 Å². The van der Waals surface area contributed by atoms with E-state index < -0.39 is 0 Å². The first-order valence-corrected chi connectivity index (χ1v) is 7.15. The Morgan fingerprint density at radius 2 is 2.00 bits per heavy atom. The van der Waals surface area contributed by atoms with Crippen LogP contribution in [0.15, 0.2) is 36.5 Å². The normalized spacial score (nSPS) is 10.0. The number of ether oxygens (including phenoxy) is 1. The van der Waals surface area contributed by atoms with E-state index in [2.05, 4.69) is 15.6 Å². The average molecular weight is 313 g/mol. The second kappa shape index (κ2) is 7.40. The first-order chi connectivity index (χ1) is 11.0. The third-order valence-electron chi connectivity index (χ3n) is 3.27. The molecule has 1 aromatic carbocycles. The van der Waals surface area contributed by atoms with Gasteiger partial charge in [-0.1, -0.05) is 12.1 Å². The lowest BCUT2D eigenvalue weighted by atomic mass is 10.1. The summed E-state index contributed by atoms with van der Waals surface area (Å²) in [5.41, 5.74) is 2.89. The van der Waals surface area contributed by atoms with Gasteiger partial charge in [0.2, 0.25) is 11.8 Å². The summed E-state index contributed by atoms with van der Waals surface area (Å²) in [6, 6.07) is 8.77. The van der Waals surface area contributed by atoms with Crippen LogP contribution in [0.4, 0.5) is 5.69 Å². The lowest BCUT2D eigenvalue weighted by Gasteiger charge is -2.10. The van der Waals surface area contributed by atoms with Crippen molar-refractivity contribution in [2.45, 2.75) is 20.4 Å². The first-order valence-electron chi connectivity index (χ1n) is 7.15. The number of aryl methyl sites for hydroxylation is 1. The van der Waals surface area contributed by atoms with Gasteiger partial charge in [-0.05, 0) is 30.2 Å². The van der Waals surface area contributed by atoms with Gasteiger partial charge in [-0.25, -0.2) is 4.98 Å². The lowest BCUT2D eigenvalue weighted by molar-refractivity contribution is -0.114. The molecule has 2 N–H and O–H groups in total. The van der Waals surface area contributed by atoms with Crippen molar-refractivity contribution < 1.29 is 14.3 Å². The Hall–Kier alpha value is -2.89. The number of carbonyl (C=O) groups is 2. The number of carbonyl (C=O) groups excluding carboxylic acids is 2. The molecule has 0 aliphatic heterocycles. The molecule has 0 bridgehead atoms. The van der Waals surface area contributed by atoms with E-state index in [9.17, 15) is 9.59 Å². The smallest absolute Gasteiger partial charge is 0.251 e. The maximum atomic E-state index is 12.2. The van der Waals surface area contributed by atoms with Gasteiger partial charge < -0.3 is 15.4 Å². The Labute approximate surface area is 134 Å². The summed E-state index contributed by atoms with van der Waals surface area (Å²) < 4.78 is 4.99. The number of rotatable bonds is 5. The summed E-state index contributed by atoms with van der Waals surface area (Å²) in [7, 11) is 1.55. The van der Waals surface area contributed by atoms with Crippen molar-refractivity contribution in [3.63, 3.8) is 0 Å². The number of amides is 2. The van der Waals surface area contributed by atoms with Crippen molar-refractivity contribution in [1.82, 2.24) is 10.3 Å². The summed E-state index contributed by atoms with van der Waals surface area (Å²) >= 11 is 0. The number of methoxy groups -OCH3 is 1. The minimum atomic E-state index is -0.215. The highest BCUT2D eigenvalue weighted by Crippen LogP contribution is 2.17. The minimum Gasteiger partial charge on any atom is -0.481 e. The summed E-state index contributed by atoms with van der Waals surface area (Å²) in [4.78, 5) is 27.5. The van der Waals surface area contributed by atoms with Crippen LogP contribution < -0.4 is 15.4 Å². The molecule has 0 atom stereocenters. The van der Waals surface area contributed by atoms with E-state index in [1.165, 1.54) is 6.92 Å². The van der Waals surface area contributed by atoms with Gasteiger partial charge in [0.1, 0.15) is 0 Å². The third-order valence-corrected chi connectivity index (χ3v) is 3.27. The van der Waals surface area contributed by atoms with Crippen LogP contribution in [0.1, 0.15) is 28.4 Å². The van der Waals surface area contributed by atoms with Crippen molar-refractivity contribution in [3.05, 3.63) is 53.2 Å². The SMILES string of the molecule is COc1ccc(CNC(=O)c2ccc(C)c(NC(C)=O)c2)cn1. The van der Waals surface area contributed by atoms with Crippen LogP contribution in [0.2, 0.25) is 0 Å². The highest BCUT2D eigenvalue weighted by molar-refractivity contribution is 5.97. The predicted octanol–water partition coefficient (Wildman–Crippen LogP) is 2.29. The van der Waals surface area contributed by atoms with Crippen LogP contribution in [-0.2, 0) is 11.3 Å². The van der Waals surface area contributed by atoms with E-state index in [0.29, 0.717) is 23.7 Å². The molecule has 0 aliphatic carbocycles. The molecule has 0 spiro atoms. The van der Waals surface area contributed by atoms with Crippen molar-refractivity contribution >= 4 is 17.5 Å². The number of hydrogen-bond donors (Lipinski definition) is 2. The number of hydrogen-bond acceptors (Lipinski definition) is 4. The highest BCUT2D eigenvalue weighted by atomic mass is 16.5. The van der Waals surface area contributed by atoms with E-state index in [1.54, 1.807) is 37.6 Å². The van der Waals surface area contributed by atoms with Gasteiger partial charge in [-0.15, -0.1) is 0 Å². The van der Waals surface area contributed by atoms with Crippen LogP contribution in [0.25, 0.3) is 0 Å². The van der Waals surface area contributed by atoms with Crippen LogP contribution in [0.5, 0.6) is 5.88 Å². The third kappa shape index (κ3) is 4.54. The molecule has 6 nitrogen and oxygen atoms in total. The van der Waals surface area contributed by atoms with E-state index in [0.717, 1.165) is 11.1 Å². The Morgan fingerprint density at radius 1 is 1.22 bits per heavy atom. The standard InChI is InChI=1S/C17H19N3O3/c1-11-4-6-14(8-15(11)20-12(2)21)17(22)19-10-13-5-7-16(23-3)18-9-13/h4-9H,10H2,1-3H3,(H,19,22)(H,20,21). The van der Waals surface area contributed by atoms with Crippen molar-refractivity contribution in [2.24, 2.45) is 0 Å². The molecular weight excluding hydrogens is 294 g/mol. The highest BCUT2D eigenvalue weighted by Gasteiger charge is 2.09. The number of benzene rings is 1. The zero-order valence-electron chi connectivity index (χ0n) is 13.3. The molecule has 2 rings (SSSR count). The van der Waals surface area contributed by atoms with Crippen molar-refractivity contribution in [1.29, 1.82) is 0 Å². The molecule has 0 fully saturated rings. The fourth-order valence-electron chi connectivity index (χ4n) is 2.01. The van der Waals surface area contributed by atoms with Gasteiger partial charge in [-0.3, -0.25) is 9.59 Å². The van der Waals surface area contributed by atoms with Crippen LogP contribution in [0, 0.1) is 6.92 Å². The van der Waals surface area contributed by atoms with E-state index in [-0.39, 0.29) is 11.8 Å². The molecule has 0 aliphatic rings. The molecule has 0 unspecified atom stereocenters. The number of anilines is 1.